The predicted octanol–water partition coefficient (Wildman–Crippen LogP) is 5.29. The average molecular weight is 1000 g/mol. The molecule has 3 aromatic rings. The molecule has 2 aliphatic heterocycles. The Morgan fingerprint density at radius 1 is 0.838 bits per heavy atom. The molecule has 376 valence electrons. The molecular weight excluding hydrogens is 946 g/mol. The SMILES string of the molecule is CC(C)(C)OC(=O)NCCCn1cc(NC(=O)c2ccc(OC[C@H](ON3C(=O)c4ccccc4C3=O)C(=O)OC(C)(C)C)cc2)c[n+]1CC1CN(C(=O)OC(C)(C)C)C1.O=S(=O)([O-])C(F)(F)F.S. The number of aromatic nitrogens is 2. The smallest absolute Gasteiger partial charge is 0.485 e. The molecule has 2 aromatic carbocycles. The van der Waals surface area contributed by atoms with Crippen LogP contribution < -0.4 is 20.1 Å². The number of alkyl carbamates (subject to hydrolysis) is 1. The zero-order chi connectivity index (χ0) is 50.3. The van der Waals surface area contributed by atoms with Crippen LogP contribution in [0.2, 0.25) is 0 Å². The largest absolute Gasteiger partial charge is 0.741 e. The summed E-state index contributed by atoms with van der Waals surface area (Å²) in [4.78, 5) is 84.4. The van der Waals surface area contributed by atoms with E-state index in [4.69, 9.17) is 36.8 Å². The summed E-state index contributed by atoms with van der Waals surface area (Å²) in [7, 11) is -6.09. The van der Waals surface area contributed by atoms with Crippen LogP contribution in [0.15, 0.2) is 60.9 Å². The van der Waals surface area contributed by atoms with Crippen LogP contribution in [-0.2, 0) is 47.1 Å². The van der Waals surface area contributed by atoms with Gasteiger partial charge in [-0.3, -0.25) is 14.4 Å². The minimum Gasteiger partial charge on any atom is -0.741 e. The van der Waals surface area contributed by atoms with E-state index >= 15 is 0 Å². The van der Waals surface area contributed by atoms with E-state index in [-0.39, 0.29) is 42.4 Å². The van der Waals surface area contributed by atoms with Gasteiger partial charge in [0.1, 0.15) is 34.8 Å². The number of benzene rings is 2. The van der Waals surface area contributed by atoms with Gasteiger partial charge in [-0.1, -0.05) is 12.1 Å². The van der Waals surface area contributed by atoms with Crippen LogP contribution in [-0.4, -0.2) is 118 Å². The van der Waals surface area contributed by atoms with Crippen molar-refractivity contribution < 1.29 is 83.4 Å². The average Bonchev–Trinajstić information content (AvgIpc) is 3.65. The Bertz CT molecular complexity index is 2370. The van der Waals surface area contributed by atoms with E-state index in [0.29, 0.717) is 55.5 Å². The first-order valence-corrected chi connectivity index (χ1v) is 22.2. The van der Waals surface area contributed by atoms with Gasteiger partial charge in [0, 0.05) is 25.2 Å². The zero-order valence-electron chi connectivity index (χ0n) is 38.9. The molecule has 5 amide bonds. The molecular formula is C43H57F3N6O14S2. The van der Waals surface area contributed by atoms with Gasteiger partial charge in [-0.2, -0.15) is 31.3 Å². The number of hydroxylamine groups is 2. The molecule has 20 nitrogen and oxygen atoms in total. The Balaban J connectivity index is 0.00000125. The molecule has 1 fully saturated rings. The number of fused-ring (bicyclic) bond motifs is 1. The number of esters is 1. The molecule has 0 aliphatic carbocycles. The van der Waals surface area contributed by atoms with E-state index in [9.17, 15) is 41.9 Å². The Morgan fingerprint density at radius 2 is 1.37 bits per heavy atom. The number of nitrogens with zero attached hydrogens (tertiary/aromatic N) is 4. The molecule has 5 rings (SSSR count). The number of imide groups is 1. The number of ether oxygens (including phenoxy) is 4. The Hall–Kier alpha value is -5.92. The molecule has 0 spiro atoms. The molecule has 1 saturated heterocycles. The number of hydrogen-bond donors (Lipinski definition) is 2. The van der Waals surface area contributed by atoms with Gasteiger partial charge in [0.05, 0.1) is 29.8 Å². The molecule has 0 radical (unpaired) electrons. The molecule has 0 unspecified atom stereocenters. The minimum atomic E-state index is -6.09. The first kappa shape index (κ1) is 56.4. The summed E-state index contributed by atoms with van der Waals surface area (Å²) in [6.07, 6.45) is 1.86. The van der Waals surface area contributed by atoms with Crippen molar-refractivity contribution in [3.8, 4) is 5.75 Å². The number of alkyl halides is 3. The number of amides is 5. The number of likely N-dealkylation sites (tertiary alicyclic amines) is 1. The lowest BCUT2D eigenvalue weighted by Gasteiger charge is -2.38. The summed E-state index contributed by atoms with van der Waals surface area (Å²) >= 11 is 0. The van der Waals surface area contributed by atoms with Gasteiger partial charge in [0.25, 0.3) is 17.7 Å². The summed E-state index contributed by atoms with van der Waals surface area (Å²) in [6.45, 7) is 18.0. The summed E-state index contributed by atoms with van der Waals surface area (Å²) < 4.78 is 85.0. The van der Waals surface area contributed by atoms with Gasteiger partial charge in [-0.25, -0.2) is 27.6 Å². The van der Waals surface area contributed by atoms with Crippen molar-refractivity contribution in [2.75, 3.05) is 31.6 Å². The number of carbonyl (C=O) groups is 6. The fourth-order valence-corrected chi connectivity index (χ4v) is 6.07. The highest BCUT2D eigenvalue weighted by Crippen LogP contribution is 2.26. The second-order valence-corrected chi connectivity index (χ2v) is 19.7. The van der Waals surface area contributed by atoms with Gasteiger partial charge < -0.3 is 39.0 Å². The number of rotatable bonds is 14. The number of carbonyl (C=O) groups excluding carboxylic acids is 6. The lowest BCUT2D eigenvalue weighted by atomic mass is 10.0. The van der Waals surface area contributed by atoms with Crippen LogP contribution in [0.25, 0.3) is 0 Å². The van der Waals surface area contributed by atoms with Crippen LogP contribution >= 0.6 is 13.5 Å². The highest BCUT2D eigenvalue weighted by molar-refractivity contribution is 7.86. The fourth-order valence-electron chi connectivity index (χ4n) is 6.07. The van der Waals surface area contributed by atoms with Crippen molar-refractivity contribution in [2.45, 2.75) is 110 Å². The third-order valence-corrected chi connectivity index (χ3v) is 9.48. The number of anilines is 1. The normalized spacial score (nSPS) is 14.6. The van der Waals surface area contributed by atoms with Crippen molar-refractivity contribution in [1.82, 2.24) is 20.0 Å². The number of halogens is 3. The van der Waals surface area contributed by atoms with Gasteiger partial charge in [-0.15, -0.1) is 9.75 Å². The van der Waals surface area contributed by atoms with Crippen LogP contribution in [0.1, 0.15) is 99.8 Å². The first-order chi connectivity index (χ1) is 30.8. The molecule has 0 bridgehead atoms. The standard InChI is InChI=1S/C42H54N6O11.CHF3O3S.H2S/c1-40(2,3)56-37(52)33(59-48-35(50)31-13-10-11-14-32(31)36(48)51)26-55-30-17-15-28(16-18-30)34(49)44-29-24-46(20-12-19-43-38(53)57-41(4,5)6)47(25-29)23-27-21-45(22-27)39(54)58-42(7,8)9;2-1(3,4)8(5,6)7;/h10-11,13-18,24-25,27,33H,12,19-23,26H2,1-9H3,(H-,43,44,49,53);(H,5,6,7);1H2/t33-;;/m0../s1. The minimum absolute atomic E-state index is 0. The molecule has 1 aromatic heterocycles. The van der Waals surface area contributed by atoms with E-state index in [1.165, 1.54) is 12.1 Å². The molecule has 1 atom stereocenters. The highest BCUT2D eigenvalue weighted by Gasteiger charge is 2.41. The van der Waals surface area contributed by atoms with E-state index in [1.807, 2.05) is 36.3 Å². The van der Waals surface area contributed by atoms with Crippen LogP contribution in [0.4, 0.5) is 28.4 Å². The molecule has 3 heterocycles. The van der Waals surface area contributed by atoms with Crippen molar-refractivity contribution in [3.05, 3.63) is 77.6 Å². The maximum absolute atomic E-state index is 13.4. The van der Waals surface area contributed by atoms with Crippen molar-refractivity contribution in [1.29, 1.82) is 0 Å². The molecule has 2 N–H and O–H groups in total. The fraction of sp³-hybridized carbons (Fsp3) is 0.512. The first-order valence-electron chi connectivity index (χ1n) is 20.8. The van der Waals surface area contributed by atoms with E-state index in [2.05, 4.69) is 10.6 Å². The van der Waals surface area contributed by atoms with Crippen molar-refractivity contribution in [2.24, 2.45) is 5.92 Å². The second kappa shape index (κ2) is 22.5. The van der Waals surface area contributed by atoms with Crippen molar-refractivity contribution >= 4 is 65.2 Å². The Kier molecular flexibility index (Phi) is 18.6. The topological polar surface area (TPSA) is 245 Å². The third-order valence-electron chi connectivity index (χ3n) is 8.91. The maximum atomic E-state index is 13.4. The highest BCUT2D eigenvalue weighted by atomic mass is 32.2. The van der Waals surface area contributed by atoms with Gasteiger partial charge in [0.2, 0.25) is 12.3 Å². The zero-order valence-corrected chi connectivity index (χ0v) is 40.7. The van der Waals surface area contributed by atoms with Crippen LogP contribution in [0.5, 0.6) is 5.75 Å². The maximum Gasteiger partial charge on any atom is 0.485 e. The van der Waals surface area contributed by atoms with E-state index < -0.39 is 74.9 Å². The van der Waals surface area contributed by atoms with Gasteiger partial charge in [-0.05, 0) is 105 Å². The Labute approximate surface area is 398 Å². The van der Waals surface area contributed by atoms with Crippen molar-refractivity contribution in [3.63, 3.8) is 0 Å². The third kappa shape index (κ3) is 17.0. The lowest BCUT2D eigenvalue weighted by Crippen LogP contribution is -2.58. The summed E-state index contributed by atoms with van der Waals surface area (Å²) in [6, 6.07) is 12.4. The summed E-state index contributed by atoms with van der Waals surface area (Å²) in [5.41, 5.74) is -6.59. The number of hydrogen-bond acceptors (Lipinski definition) is 14. The molecule has 2 aliphatic rings. The summed E-state index contributed by atoms with van der Waals surface area (Å²) in [5.74, 6) is -2.22. The number of aryl methyl sites for hydroxylation is 1. The van der Waals surface area contributed by atoms with E-state index in [0.717, 1.165) is 0 Å². The second-order valence-electron chi connectivity index (χ2n) is 18.3. The van der Waals surface area contributed by atoms with Gasteiger partial charge in [0.15, 0.2) is 16.7 Å². The van der Waals surface area contributed by atoms with Crippen LogP contribution in [0, 0.1) is 5.92 Å². The summed E-state index contributed by atoms with van der Waals surface area (Å²) in [5, 5.41) is 6.24. The molecule has 25 heteroatoms. The number of nitrogens with one attached hydrogen (secondary N) is 2. The van der Waals surface area contributed by atoms with Gasteiger partial charge >= 0.3 is 23.7 Å². The lowest BCUT2D eigenvalue weighted by molar-refractivity contribution is -0.781. The Morgan fingerprint density at radius 3 is 1.87 bits per heavy atom. The molecule has 68 heavy (non-hydrogen) atoms. The van der Waals surface area contributed by atoms with Crippen LogP contribution in [0.3, 0.4) is 0 Å². The molecule has 0 saturated carbocycles. The quantitative estimate of drug-likeness (QED) is 0.0397. The monoisotopic (exact) mass is 1000 g/mol. The predicted molar refractivity (Wildman–Crippen MR) is 238 cm³/mol. The van der Waals surface area contributed by atoms with E-state index in [1.54, 1.807) is 89.0 Å².